The number of amides is 1. The van der Waals surface area contributed by atoms with E-state index in [0.717, 1.165) is 5.56 Å². The highest BCUT2D eigenvalue weighted by Crippen LogP contribution is 2.30. The van der Waals surface area contributed by atoms with Crippen molar-refractivity contribution in [2.45, 2.75) is 45.6 Å². The van der Waals surface area contributed by atoms with Gasteiger partial charge in [-0.25, -0.2) is 8.42 Å². The van der Waals surface area contributed by atoms with Gasteiger partial charge in [-0.05, 0) is 51.1 Å². The summed E-state index contributed by atoms with van der Waals surface area (Å²) < 4.78 is 32.8. The molecule has 0 fully saturated rings. The van der Waals surface area contributed by atoms with Crippen LogP contribution in [0.15, 0.2) is 47.4 Å². The molecular formula is C21H28N2O4S. The minimum atomic E-state index is -3.65. The van der Waals surface area contributed by atoms with Gasteiger partial charge >= 0.3 is 0 Å². The van der Waals surface area contributed by atoms with Crippen molar-refractivity contribution in [1.82, 2.24) is 4.31 Å². The number of hydrogen-bond acceptors (Lipinski definition) is 4. The summed E-state index contributed by atoms with van der Waals surface area (Å²) in [5.41, 5.74) is 1.86. The molecule has 0 aliphatic heterocycles. The number of nitrogens with one attached hydrogen (secondary N) is 1. The summed E-state index contributed by atoms with van der Waals surface area (Å²) in [6.45, 7) is 9.99. The lowest BCUT2D eigenvalue weighted by Gasteiger charge is -2.20. The Labute approximate surface area is 167 Å². The molecule has 0 radical (unpaired) electrons. The van der Waals surface area contributed by atoms with Crippen molar-refractivity contribution >= 4 is 21.6 Å². The molecule has 152 valence electrons. The molecule has 2 aromatic rings. The third kappa shape index (κ3) is 5.11. The zero-order chi connectivity index (χ0) is 20.9. The minimum absolute atomic E-state index is 0.117. The van der Waals surface area contributed by atoms with E-state index in [1.807, 2.05) is 32.9 Å². The van der Waals surface area contributed by atoms with E-state index in [0.29, 0.717) is 30.1 Å². The van der Waals surface area contributed by atoms with Crippen LogP contribution in [0.3, 0.4) is 0 Å². The van der Waals surface area contributed by atoms with Gasteiger partial charge in [0.25, 0.3) is 5.91 Å². The minimum Gasteiger partial charge on any atom is -0.489 e. The van der Waals surface area contributed by atoms with Gasteiger partial charge in [-0.1, -0.05) is 31.5 Å². The number of nitrogens with zero attached hydrogens (tertiary/aromatic N) is 1. The number of sulfonamides is 1. The van der Waals surface area contributed by atoms with Crippen LogP contribution in [0.1, 0.15) is 43.6 Å². The number of aryl methyl sites for hydroxylation is 1. The molecule has 0 spiro atoms. The Bertz CT molecular complexity index is 918. The van der Waals surface area contributed by atoms with Gasteiger partial charge in [-0.2, -0.15) is 4.31 Å². The maximum Gasteiger partial charge on any atom is 0.255 e. The monoisotopic (exact) mass is 404 g/mol. The number of carbonyl (C=O) groups is 1. The van der Waals surface area contributed by atoms with Gasteiger partial charge in [-0.15, -0.1) is 0 Å². The first-order valence-corrected chi connectivity index (χ1v) is 10.8. The molecule has 0 bridgehead atoms. The fraction of sp³-hybridized carbons (Fsp3) is 0.381. The second-order valence-electron chi connectivity index (χ2n) is 6.73. The summed E-state index contributed by atoms with van der Waals surface area (Å²) in [6, 6.07) is 11.7. The topological polar surface area (TPSA) is 75.7 Å². The van der Waals surface area contributed by atoms with Crippen molar-refractivity contribution in [2.75, 3.05) is 18.4 Å². The van der Waals surface area contributed by atoms with Crippen molar-refractivity contribution in [3.8, 4) is 5.75 Å². The van der Waals surface area contributed by atoms with Crippen LogP contribution >= 0.6 is 0 Å². The second kappa shape index (κ2) is 9.21. The maximum absolute atomic E-state index is 12.8. The molecule has 6 nitrogen and oxygen atoms in total. The Kier molecular flexibility index (Phi) is 7.21. The first-order valence-electron chi connectivity index (χ1n) is 9.37. The Hall–Kier alpha value is -2.38. The molecule has 0 heterocycles. The third-order valence-electron chi connectivity index (χ3n) is 4.22. The highest BCUT2D eigenvalue weighted by Gasteiger charge is 2.23. The molecular weight excluding hydrogens is 376 g/mol. The Balaban J connectivity index is 2.44. The molecule has 1 N–H and O–H groups in total. The molecule has 1 amide bonds. The second-order valence-corrected chi connectivity index (χ2v) is 8.67. The van der Waals surface area contributed by atoms with Gasteiger partial charge in [-0.3, -0.25) is 4.79 Å². The Morgan fingerprint density at radius 3 is 2.21 bits per heavy atom. The number of carbonyl (C=O) groups excluding carboxylic acids is 1. The van der Waals surface area contributed by atoms with Gasteiger partial charge in [0.2, 0.25) is 10.0 Å². The Morgan fingerprint density at radius 2 is 1.68 bits per heavy atom. The lowest BCUT2D eigenvalue weighted by atomic mass is 10.1. The van der Waals surface area contributed by atoms with Crippen molar-refractivity contribution in [3.05, 3.63) is 53.6 Å². The van der Waals surface area contributed by atoms with E-state index < -0.39 is 10.0 Å². The van der Waals surface area contributed by atoms with Crippen molar-refractivity contribution < 1.29 is 17.9 Å². The third-order valence-corrected chi connectivity index (χ3v) is 6.26. The van der Waals surface area contributed by atoms with Crippen LogP contribution in [-0.2, 0) is 10.0 Å². The molecule has 0 saturated carbocycles. The summed E-state index contributed by atoms with van der Waals surface area (Å²) in [4.78, 5) is 12.8. The fourth-order valence-electron chi connectivity index (χ4n) is 2.74. The average Bonchev–Trinajstić information content (AvgIpc) is 2.64. The molecule has 0 atom stereocenters. The highest BCUT2D eigenvalue weighted by atomic mass is 32.2. The first kappa shape index (κ1) is 21.9. The summed E-state index contributed by atoms with van der Waals surface area (Å²) >= 11 is 0. The van der Waals surface area contributed by atoms with Crippen molar-refractivity contribution in [3.63, 3.8) is 0 Å². The molecule has 0 unspecified atom stereocenters. The standard InChI is InChI=1S/C21H28N2O4S/c1-6-23(7-2)28(25,26)18-12-13-20(27-15(3)4)19(14-18)22-21(24)17-10-8-16(5)9-11-17/h8-15H,6-7H2,1-5H3,(H,22,24). The number of rotatable bonds is 8. The lowest BCUT2D eigenvalue weighted by Crippen LogP contribution is -2.30. The zero-order valence-electron chi connectivity index (χ0n) is 17.0. The molecule has 0 aliphatic rings. The smallest absolute Gasteiger partial charge is 0.255 e. The normalized spacial score (nSPS) is 11.7. The molecule has 7 heteroatoms. The molecule has 0 aromatic heterocycles. The maximum atomic E-state index is 12.8. The number of hydrogen-bond donors (Lipinski definition) is 1. The Morgan fingerprint density at radius 1 is 1.07 bits per heavy atom. The molecule has 2 aromatic carbocycles. The van der Waals surface area contributed by atoms with E-state index in [1.165, 1.54) is 16.4 Å². The van der Waals surface area contributed by atoms with Crippen LogP contribution in [0.25, 0.3) is 0 Å². The molecule has 2 rings (SSSR count). The van der Waals surface area contributed by atoms with Gasteiger partial charge in [0, 0.05) is 18.7 Å². The van der Waals surface area contributed by atoms with Crippen LogP contribution in [0, 0.1) is 6.92 Å². The van der Waals surface area contributed by atoms with Gasteiger partial charge in [0.15, 0.2) is 0 Å². The van der Waals surface area contributed by atoms with E-state index in [1.54, 1.807) is 32.0 Å². The number of ether oxygens (including phenoxy) is 1. The molecule has 28 heavy (non-hydrogen) atoms. The van der Waals surface area contributed by atoms with Gasteiger partial charge in [0.1, 0.15) is 5.75 Å². The van der Waals surface area contributed by atoms with Gasteiger partial charge < -0.3 is 10.1 Å². The van der Waals surface area contributed by atoms with Crippen LogP contribution in [0.2, 0.25) is 0 Å². The number of benzene rings is 2. The predicted molar refractivity (Wildman–Crippen MR) is 111 cm³/mol. The molecule has 0 aliphatic carbocycles. The van der Waals surface area contributed by atoms with Crippen molar-refractivity contribution in [2.24, 2.45) is 0 Å². The molecule has 0 saturated heterocycles. The fourth-order valence-corrected chi connectivity index (χ4v) is 4.22. The summed E-state index contributed by atoms with van der Waals surface area (Å²) in [5, 5.41) is 2.79. The van der Waals surface area contributed by atoms with E-state index in [-0.39, 0.29) is 16.9 Å². The van der Waals surface area contributed by atoms with Gasteiger partial charge in [0.05, 0.1) is 16.7 Å². The predicted octanol–water partition coefficient (Wildman–Crippen LogP) is 4.07. The summed E-state index contributed by atoms with van der Waals surface area (Å²) in [5.74, 6) is 0.0972. The largest absolute Gasteiger partial charge is 0.489 e. The zero-order valence-corrected chi connectivity index (χ0v) is 17.8. The van der Waals surface area contributed by atoms with E-state index in [4.69, 9.17) is 4.74 Å². The van der Waals surface area contributed by atoms with Crippen LogP contribution in [-0.4, -0.2) is 37.8 Å². The van der Waals surface area contributed by atoms with Crippen LogP contribution < -0.4 is 10.1 Å². The SMILES string of the molecule is CCN(CC)S(=O)(=O)c1ccc(OC(C)C)c(NC(=O)c2ccc(C)cc2)c1. The highest BCUT2D eigenvalue weighted by molar-refractivity contribution is 7.89. The van der Waals surface area contributed by atoms with E-state index in [2.05, 4.69) is 5.32 Å². The first-order chi connectivity index (χ1) is 13.2. The average molecular weight is 405 g/mol. The van der Waals surface area contributed by atoms with Crippen LogP contribution in [0.4, 0.5) is 5.69 Å². The van der Waals surface area contributed by atoms with E-state index >= 15 is 0 Å². The van der Waals surface area contributed by atoms with Crippen molar-refractivity contribution in [1.29, 1.82) is 0 Å². The summed E-state index contributed by atoms with van der Waals surface area (Å²) in [7, 11) is -3.65. The number of anilines is 1. The quantitative estimate of drug-likeness (QED) is 0.720. The lowest BCUT2D eigenvalue weighted by molar-refractivity contribution is 0.102. The summed E-state index contributed by atoms with van der Waals surface area (Å²) in [6.07, 6.45) is -0.125. The van der Waals surface area contributed by atoms with Crippen LogP contribution in [0.5, 0.6) is 5.75 Å². The van der Waals surface area contributed by atoms with E-state index in [9.17, 15) is 13.2 Å².